The molecular weight excluding hydrogens is 248 g/mol. The molecule has 2 aromatic carbocycles. The van der Waals surface area contributed by atoms with Crippen molar-refractivity contribution in [2.24, 2.45) is 5.73 Å². The van der Waals surface area contributed by atoms with Crippen molar-refractivity contribution >= 4 is 5.91 Å². The van der Waals surface area contributed by atoms with Gasteiger partial charge >= 0.3 is 0 Å². The molecule has 0 radical (unpaired) electrons. The van der Waals surface area contributed by atoms with Crippen LogP contribution in [0.3, 0.4) is 0 Å². The Labute approximate surface area is 118 Å². The van der Waals surface area contributed by atoms with Gasteiger partial charge in [0.2, 0.25) is 5.91 Å². The summed E-state index contributed by atoms with van der Waals surface area (Å²) >= 11 is 0. The molecule has 0 fully saturated rings. The maximum Gasteiger partial charge on any atom is 0.224 e. The first kappa shape index (κ1) is 12.9. The van der Waals surface area contributed by atoms with Crippen molar-refractivity contribution in [2.75, 3.05) is 0 Å². The fourth-order valence-electron chi connectivity index (χ4n) is 2.82. The minimum absolute atomic E-state index is 0.0216. The molecular formula is C17H18N2O. The van der Waals surface area contributed by atoms with Gasteiger partial charge in [-0.15, -0.1) is 0 Å². The lowest BCUT2D eigenvalue weighted by Gasteiger charge is -2.18. The van der Waals surface area contributed by atoms with Crippen molar-refractivity contribution in [2.45, 2.75) is 24.9 Å². The summed E-state index contributed by atoms with van der Waals surface area (Å²) in [5.74, 6) is 0.0216. The maximum absolute atomic E-state index is 12.2. The lowest BCUT2D eigenvalue weighted by Crippen LogP contribution is -2.39. The Bertz CT molecular complexity index is 609. The number of fused-ring (bicyclic) bond motifs is 1. The van der Waals surface area contributed by atoms with Gasteiger partial charge in [0.25, 0.3) is 0 Å². The molecule has 3 nitrogen and oxygen atoms in total. The van der Waals surface area contributed by atoms with Gasteiger partial charge in [-0.3, -0.25) is 4.79 Å². The number of nitrogens with two attached hydrogens (primary N) is 1. The number of carbonyl (C=O) groups is 1. The fourth-order valence-corrected chi connectivity index (χ4v) is 2.82. The van der Waals surface area contributed by atoms with Gasteiger partial charge in [-0.05, 0) is 23.1 Å². The van der Waals surface area contributed by atoms with Crippen molar-refractivity contribution in [3.8, 4) is 0 Å². The van der Waals surface area contributed by atoms with Crippen LogP contribution in [0.15, 0.2) is 54.6 Å². The van der Waals surface area contributed by atoms with Crippen molar-refractivity contribution in [3.63, 3.8) is 0 Å². The molecule has 2 atom stereocenters. The maximum atomic E-state index is 12.2. The largest absolute Gasteiger partial charge is 0.347 e. The van der Waals surface area contributed by atoms with Crippen LogP contribution in [0, 0.1) is 0 Å². The smallest absolute Gasteiger partial charge is 0.224 e. The number of amides is 1. The third kappa shape index (κ3) is 2.58. The van der Waals surface area contributed by atoms with E-state index in [0.29, 0.717) is 6.42 Å². The van der Waals surface area contributed by atoms with E-state index in [1.165, 1.54) is 5.56 Å². The quantitative estimate of drug-likeness (QED) is 0.892. The fraction of sp³-hybridized carbons (Fsp3) is 0.235. The molecule has 0 saturated heterocycles. The Morgan fingerprint density at radius 2 is 1.80 bits per heavy atom. The third-order valence-electron chi connectivity index (χ3n) is 3.80. The summed E-state index contributed by atoms with van der Waals surface area (Å²) in [6, 6.07) is 17.8. The van der Waals surface area contributed by atoms with Crippen molar-refractivity contribution in [3.05, 3.63) is 71.3 Å². The van der Waals surface area contributed by atoms with Crippen molar-refractivity contribution in [1.29, 1.82) is 0 Å². The minimum atomic E-state index is -0.0672. The molecule has 0 spiro atoms. The van der Waals surface area contributed by atoms with E-state index in [2.05, 4.69) is 17.4 Å². The van der Waals surface area contributed by atoms with E-state index in [1.807, 2.05) is 42.5 Å². The molecule has 102 valence electrons. The molecule has 1 aliphatic rings. The van der Waals surface area contributed by atoms with Gasteiger partial charge in [0.15, 0.2) is 0 Å². The summed E-state index contributed by atoms with van der Waals surface area (Å²) in [7, 11) is 0. The highest BCUT2D eigenvalue weighted by Crippen LogP contribution is 2.30. The predicted octanol–water partition coefficient (Wildman–Crippen LogP) is 1.97. The van der Waals surface area contributed by atoms with Crippen LogP contribution in [0.25, 0.3) is 0 Å². The average molecular weight is 266 g/mol. The van der Waals surface area contributed by atoms with Crippen LogP contribution >= 0.6 is 0 Å². The second kappa shape index (κ2) is 5.47. The van der Waals surface area contributed by atoms with Gasteiger partial charge in [0.1, 0.15) is 0 Å². The van der Waals surface area contributed by atoms with Crippen LogP contribution in [0.2, 0.25) is 0 Å². The molecule has 2 aromatic rings. The van der Waals surface area contributed by atoms with E-state index in [9.17, 15) is 4.79 Å². The number of hydrogen-bond donors (Lipinski definition) is 2. The lowest BCUT2D eigenvalue weighted by molar-refractivity contribution is -0.121. The first-order valence-corrected chi connectivity index (χ1v) is 6.91. The van der Waals surface area contributed by atoms with E-state index in [-0.39, 0.29) is 18.0 Å². The summed E-state index contributed by atoms with van der Waals surface area (Å²) in [5.41, 5.74) is 9.57. The zero-order chi connectivity index (χ0) is 13.9. The Morgan fingerprint density at radius 3 is 2.60 bits per heavy atom. The SMILES string of the molecule is NC1Cc2ccccc2C1NC(=O)Cc1ccccc1. The molecule has 0 aromatic heterocycles. The van der Waals surface area contributed by atoms with Crippen LogP contribution in [-0.2, 0) is 17.6 Å². The first-order chi connectivity index (χ1) is 9.74. The molecule has 3 N–H and O–H groups in total. The molecule has 0 aliphatic heterocycles. The summed E-state index contributed by atoms with van der Waals surface area (Å²) < 4.78 is 0. The standard InChI is InChI=1S/C17H18N2O/c18-15-11-13-8-4-5-9-14(13)17(15)19-16(20)10-12-6-2-1-3-7-12/h1-9,15,17H,10-11,18H2,(H,19,20). The molecule has 3 rings (SSSR count). The highest BCUT2D eigenvalue weighted by molar-refractivity contribution is 5.79. The van der Waals surface area contributed by atoms with E-state index < -0.39 is 0 Å². The normalized spacial score (nSPS) is 20.4. The molecule has 0 bridgehead atoms. The van der Waals surface area contributed by atoms with Gasteiger partial charge < -0.3 is 11.1 Å². The van der Waals surface area contributed by atoms with E-state index in [0.717, 1.165) is 17.5 Å². The number of rotatable bonds is 3. The number of nitrogens with one attached hydrogen (secondary N) is 1. The Balaban J connectivity index is 1.70. The zero-order valence-corrected chi connectivity index (χ0v) is 11.3. The first-order valence-electron chi connectivity index (χ1n) is 6.91. The molecule has 0 saturated carbocycles. The minimum Gasteiger partial charge on any atom is -0.347 e. The number of hydrogen-bond acceptors (Lipinski definition) is 2. The van der Waals surface area contributed by atoms with Gasteiger partial charge in [-0.1, -0.05) is 54.6 Å². The van der Waals surface area contributed by atoms with Gasteiger partial charge in [0.05, 0.1) is 12.5 Å². The summed E-state index contributed by atoms with van der Waals surface area (Å²) in [6.45, 7) is 0. The lowest BCUT2D eigenvalue weighted by atomic mass is 10.1. The van der Waals surface area contributed by atoms with Crippen molar-refractivity contribution < 1.29 is 4.79 Å². The predicted molar refractivity (Wildman–Crippen MR) is 79.2 cm³/mol. The van der Waals surface area contributed by atoms with Gasteiger partial charge in [-0.2, -0.15) is 0 Å². The third-order valence-corrected chi connectivity index (χ3v) is 3.80. The molecule has 2 unspecified atom stereocenters. The Hall–Kier alpha value is -2.13. The van der Waals surface area contributed by atoms with E-state index in [4.69, 9.17) is 5.73 Å². The highest BCUT2D eigenvalue weighted by atomic mass is 16.1. The molecule has 1 amide bonds. The summed E-state index contributed by atoms with van der Waals surface area (Å²) in [5, 5.41) is 3.07. The van der Waals surface area contributed by atoms with Crippen molar-refractivity contribution in [1.82, 2.24) is 5.32 Å². The average Bonchev–Trinajstić information content (AvgIpc) is 2.76. The van der Waals surface area contributed by atoms with Crippen LogP contribution in [0.4, 0.5) is 0 Å². The Kier molecular flexibility index (Phi) is 3.52. The highest BCUT2D eigenvalue weighted by Gasteiger charge is 2.30. The van der Waals surface area contributed by atoms with Gasteiger partial charge in [-0.25, -0.2) is 0 Å². The van der Waals surface area contributed by atoms with Crippen LogP contribution < -0.4 is 11.1 Å². The zero-order valence-electron chi connectivity index (χ0n) is 11.3. The number of benzene rings is 2. The summed E-state index contributed by atoms with van der Waals surface area (Å²) in [4.78, 5) is 12.2. The molecule has 1 aliphatic carbocycles. The number of carbonyl (C=O) groups excluding carboxylic acids is 1. The molecule has 3 heteroatoms. The summed E-state index contributed by atoms with van der Waals surface area (Å²) in [6.07, 6.45) is 1.22. The second-order valence-corrected chi connectivity index (χ2v) is 5.27. The second-order valence-electron chi connectivity index (χ2n) is 5.27. The molecule has 20 heavy (non-hydrogen) atoms. The topological polar surface area (TPSA) is 55.1 Å². The Morgan fingerprint density at radius 1 is 1.10 bits per heavy atom. The van der Waals surface area contributed by atoms with Crippen LogP contribution in [0.5, 0.6) is 0 Å². The van der Waals surface area contributed by atoms with Crippen LogP contribution in [-0.4, -0.2) is 11.9 Å². The van der Waals surface area contributed by atoms with Crippen LogP contribution in [0.1, 0.15) is 22.7 Å². The monoisotopic (exact) mass is 266 g/mol. The van der Waals surface area contributed by atoms with E-state index in [1.54, 1.807) is 0 Å². The van der Waals surface area contributed by atoms with Gasteiger partial charge in [0, 0.05) is 6.04 Å². The molecule has 0 heterocycles. The van der Waals surface area contributed by atoms with E-state index >= 15 is 0 Å².